The Morgan fingerprint density at radius 1 is 1.83 bits per heavy atom. The first-order valence-corrected chi connectivity index (χ1v) is 1.55. The molecule has 0 unspecified atom stereocenters. The van der Waals surface area contributed by atoms with Crippen LogP contribution < -0.4 is 0 Å². The van der Waals surface area contributed by atoms with E-state index in [9.17, 15) is 9.59 Å². The lowest BCUT2D eigenvalue weighted by molar-refractivity contribution is -0.104. The summed E-state index contributed by atoms with van der Waals surface area (Å²) in [5.41, 5.74) is 0. The van der Waals surface area contributed by atoms with Crippen molar-refractivity contribution in [1.29, 1.82) is 0 Å². The second-order valence-corrected chi connectivity index (χ2v) is 0.975. The summed E-state index contributed by atoms with van der Waals surface area (Å²) in [6, 6.07) is 0. The van der Waals surface area contributed by atoms with Crippen LogP contribution in [0.5, 0.6) is 0 Å². The van der Waals surface area contributed by atoms with Gasteiger partial charge in [-0.25, -0.2) is 4.79 Å². The fourth-order valence-electron chi connectivity index (χ4n) is 0.0241. The number of carbonyl (C=O) groups excluding carboxylic acids is 2. The highest BCUT2D eigenvalue weighted by Gasteiger charge is 1.79. The van der Waals surface area contributed by atoms with Crippen molar-refractivity contribution in [2.24, 2.45) is 0 Å². The maximum absolute atomic E-state index is 9.30. The van der Waals surface area contributed by atoms with Gasteiger partial charge in [0.2, 0.25) is 0 Å². The predicted molar refractivity (Wildman–Crippen MR) is 21.1 cm³/mol. The van der Waals surface area contributed by atoms with Gasteiger partial charge in [0.15, 0.2) is 11.3 Å². The molecule has 0 aliphatic heterocycles. The summed E-state index contributed by atoms with van der Waals surface area (Å²) in [5, 5.41) is -0.421. The summed E-state index contributed by atoms with van der Waals surface area (Å²) in [6.45, 7) is 0. The normalized spacial score (nSPS) is 6.17. The highest BCUT2D eigenvalue weighted by Crippen LogP contribution is 1.84. The number of aldehydes is 1. The number of allylic oxidation sites excluding steroid dienone is 1. The zero-order valence-electron chi connectivity index (χ0n) is 2.77. The van der Waals surface area contributed by atoms with Gasteiger partial charge in [0.25, 0.3) is 0 Å². The molecule has 0 fully saturated rings. The van der Waals surface area contributed by atoms with Crippen molar-refractivity contribution in [2.75, 3.05) is 0 Å². The van der Waals surface area contributed by atoms with Crippen LogP contribution in [0.25, 0.3) is 0 Å². The van der Waals surface area contributed by atoms with E-state index in [4.69, 9.17) is 11.6 Å². The molecule has 0 aliphatic rings. The number of hydrogen-bond donors (Lipinski definition) is 0. The average molecular weight is 104 g/mol. The lowest BCUT2D eigenvalue weighted by atomic mass is 10.7. The number of hydrogen-bond acceptors (Lipinski definition) is 2. The topological polar surface area (TPSA) is 34.1 Å². The summed E-state index contributed by atoms with van der Waals surface area (Å²) >= 11 is 4.77. The maximum Gasteiger partial charge on any atom is 0.172 e. The number of rotatable bonds is 1. The molecule has 6 heavy (non-hydrogen) atoms. The van der Waals surface area contributed by atoms with E-state index in [1.165, 1.54) is 5.94 Å². The molecule has 0 saturated carbocycles. The standard InChI is InChI=1S/C3HClO2/c4-3(1-5)2-6/h1H. The molecular weight excluding hydrogens is 103 g/mol. The quantitative estimate of drug-likeness (QED) is 0.269. The Kier molecular flexibility index (Phi) is 2.38. The van der Waals surface area contributed by atoms with E-state index in [1.54, 1.807) is 0 Å². The van der Waals surface area contributed by atoms with Crippen molar-refractivity contribution in [2.45, 2.75) is 0 Å². The van der Waals surface area contributed by atoms with E-state index in [0.29, 0.717) is 0 Å². The Balaban J connectivity index is 3.86. The van der Waals surface area contributed by atoms with Crippen molar-refractivity contribution < 1.29 is 9.59 Å². The molecule has 0 bridgehead atoms. The van der Waals surface area contributed by atoms with Gasteiger partial charge in [-0.2, -0.15) is 0 Å². The van der Waals surface area contributed by atoms with Gasteiger partial charge in [0.05, 0.1) is 0 Å². The van der Waals surface area contributed by atoms with Gasteiger partial charge in [-0.3, -0.25) is 4.79 Å². The summed E-state index contributed by atoms with van der Waals surface area (Å²) in [4.78, 5) is 18.5. The second kappa shape index (κ2) is 2.64. The minimum atomic E-state index is -0.421. The first-order chi connectivity index (χ1) is 2.81. The van der Waals surface area contributed by atoms with E-state index in [1.807, 2.05) is 0 Å². The van der Waals surface area contributed by atoms with Crippen molar-refractivity contribution in [3.8, 4) is 0 Å². The molecule has 0 heterocycles. The van der Waals surface area contributed by atoms with E-state index < -0.39 is 5.03 Å². The molecule has 3 heteroatoms. The molecule has 0 aromatic carbocycles. The number of halogens is 1. The van der Waals surface area contributed by atoms with Crippen molar-refractivity contribution >= 4 is 23.8 Å². The van der Waals surface area contributed by atoms with Gasteiger partial charge in [0, 0.05) is 0 Å². The zero-order chi connectivity index (χ0) is 4.99. The third kappa shape index (κ3) is 1.70. The summed E-state index contributed by atoms with van der Waals surface area (Å²) < 4.78 is 0. The molecule has 0 spiro atoms. The Labute approximate surface area is 39.4 Å². The van der Waals surface area contributed by atoms with Crippen LogP contribution in [-0.2, 0) is 9.59 Å². The highest BCUT2D eigenvalue weighted by molar-refractivity contribution is 6.42. The third-order valence-electron chi connectivity index (χ3n) is 0.201. The molecule has 0 saturated heterocycles. The zero-order valence-corrected chi connectivity index (χ0v) is 3.53. The van der Waals surface area contributed by atoms with Crippen LogP contribution in [0.15, 0.2) is 5.03 Å². The molecule has 0 N–H and O–H groups in total. The minimum Gasteiger partial charge on any atom is -0.296 e. The number of carbonyl (C=O) groups is 1. The maximum atomic E-state index is 9.30. The molecule has 2 nitrogen and oxygen atoms in total. The fraction of sp³-hybridized carbons (Fsp3) is 0. The van der Waals surface area contributed by atoms with Crippen LogP contribution >= 0.6 is 11.6 Å². The van der Waals surface area contributed by atoms with Gasteiger partial charge in [-0.05, 0) is 0 Å². The minimum absolute atomic E-state index is 0.231. The lowest BCUT2D eigenvalue weighted by Crippen LogP contribution is -1.67. The van der Waals surface area contributed by atoms with Gasteiger partial charge < -0.3 is 0 Å². The summed E-state index contributed by atoms with van der Waals surface area (Å²) in [5.74, 6) is 1.18. The Hall–Kier alpha value is -0.590. The van der Waals surface area contributed by atoms with Crippen molar-refractivity contribution in [1.82, 2.24) is 0 Å². The monoisotopic (exact) mass is 104 g/mol. The molecule has 0 rings (SSSR count). The molecule has 0 aromatic rings. The fourth-order valence-corrected chi connectivity index (χ4v) is 0.0241. The van der Waals surface area contributed by atoms with E-state index in [2.05, 4.69) is 0 Å². The van der Waals surface area contributed by atoms with Crippen molar-refractivity contribution in [3.63, 3.8) is 0 Å². The van der Waals surface area contributed by atoms with E-state index >= 15 is 0 Å². The molecule has 0 aromatic heterocycles. The van der Waals surface area contributed by atoms with Gasteiger partial charge >= 0.3 is 0 Å². The van der Waals surface area contributed by atoms with Crippen LogP contribution in [0, 0.1) is 0 Å². The van der Waals surface area contributed by atoms with Crippen LogP contribution in [0.3, 0.4) is 0 Å². The Bertz CT molecular complexity index is 101. The lowest BCUT2D eigenvalue weighted by Gasteiger charge is -1.59. The third-order valence-corrected chi connectivity index (χ3v) is 0.367. The van der Waals surface area contributed by atoms with Gasteiger partial charge in [0.1, 0.15) is 5.94 Å². The van der Waals surface area contributed by atoms with Crippen LogP contribution in [-0.4, -0.2) is 12.2 Å². The van der Waals surface area contributed by atoms with Crippen molar-refractivity contribution in [3.05, 3.63) is 5.03 Å². The SMILES string of the molecule is O=C=C(Cl)C=O. The predicted octanol–water partition coefficient (Wildman–Crippen LogP) is 0.140. The first-order valence-electron chi connectivity index (χ1n) is 1.17. The molecule has 0 amide bonds. The molecule has 0 radical (unpaired) electrons. The average Bonchev–Trinajstić information content (AvgIpc) is 1.65. The Morgan fingerprint density at radius 3 is 2.33 bits per heavy atom. The van der Waals surface area contributed by atoms with Crippen LogP contribution in [0.4, 0.5) is 0 Å². The smallest absolute Gasteiger partial charge is 0.172 e. The van der Waals surface area contributed by atoms with Gasteiger partial charge in [-0.15, -0.1) is 0 Å². The Morgan fingerprint density at radius 2 is 2.33 bits per heavy atom. The highest BCUT2D eigenvalue weighted by atomic mass is 35.5. The summed E-state index contributed by atoms with van der Waals surface area (Å²) in [7, 11) is 0. The van der Waals surface area contributed by atoms with Gasteiger partial charge in [-0.1, -0.05) is 11.6 Å². The largest absolute Gasteiger partial charge is 0.296 e. The van der Waals surface area contributed by atoms with E-state index in [-0.39, 0.29) is 6.29 Å². The van der Waals surface area contributed by atoms with E-state index in [0.717, 1.165) is 0 Å². The second-order valence-electron chi connectivity index (χ2n) is 0.568. The molecule has 0 atom stereocenters. The van der Waals surface area contributed by atoms with Crippen LogP contribution in [0.1, 0.15) is 0 Å². The van der Waals surface area contributed by atoms with Crippen LogP contribution in [0.2, 0.25) is 0 Å². The molecule has 0 aliphatic carbocycles. The molecule has 32 valence electrons. The first kappa shape index (κ1) is 5.41. The summed E-state index contributed by atoms with van der Waals surface area (Å²) in [6.07, 6.45) is 0.231. The molecular formula is C3HClO2.